The van der Waals surface area contributed by atoms with Crippen LogP contribution in [0.15, 0.2) is 69.6 Å². The van der Waals surface area contributed by atoms with Crippen LogP contribution >= 0.6 is 27.3 Å². The number of halogens is 1. The molecule has 0 fully saturated rings. The molecule has 0 saturated heterocycles. The van der Waals surface area contributed by atoms with Gasteiger partial charge in [-0.3, -0.25) is 14.2 Å². The van der Waals surface area contributed by atoms with Gasteiger partial charge in [-0.15, -0.1) is 11.3 Å². The van der Waals surface area contributed by atoms with Gasteiger partial charge in [-0.1, -0.05) is 34.1 Å². The summed E-state index contributed by atoms with van der Waals surface area (Å²) in [6, 6.07) is 11.7. The molecule has 4 rings (SSSR count). The van der Waals surface area contributed by atoms with Crippen LogP contribution in [0.2, 0.25) is 0 Å². The van der Waals surface area contributed by atoms with Gasteiger partial charge in [0.1, 0.15) is 11.7 Å². The normalized spacial score (nSPS) is 11.4. The Morgan fingerprint density at radius 2 is 2.07 bits per heavy atom. The van der Waals surface area contributed by atoms with Crippen LogP contribution in [0, 0.1) is 0 Å². The number of benzene rings is 1. The molecule has 0 unspecified atom stereocenters. The highest BCUT2D eigenvalue weighted by Crippen LogP contribution is 2.12. The third-order valence-corrected chi connectivity index (χ3v) is 5.82. The summed E-state index contributed by atoms with van der Waals surface area (Å²) in [5.74, 6) is -0.176. The van der Waals surface area contributed by atoms with Crippen LogP contribution in [0.5, 0.6) is 0 Å². The second kappa shape index (κ2) is 9.19. The van der Waals surface area contributed by atoms with Crippen molar-refractivity contribution in [3.63, 3.8) is 0 Å². The minimum atomic E-state index is -0.176. The summed E-state index contributed by atoms with van der Waals surface area (Å²) in [5, 5.41) is 9.50. The van der Waals surface area contributed by atoms with E-state index in [1.807, 2.05) is 41.8 Å². The van der Waals surface area contributed by atoms with Crippen molar-refractivity contribution in [2.75, 3.05) is 6.54 Å². The smallest absolute Gasteiger partial charge is 0.264 e. The topological polar surface area (TPSA) is 81.8 Å². The van der Waals surface area contributed by atoms with Gasteiger partial charge in [0.2, 0.25) is 5.91 Å². The SMILES string of the molecule is O=C(/C=C/c1cccs1)NCCn1ncc2c(=O)n(Cc3ccc(Br)cc3)cnc21. The number of thiophene rings is 1. The third-order valence-electron chi connectivity index (χ3n) is 4.45. The van der Waals surface area contributed by atoms with Crippen molar-refractivity contribution < 1.29 is 4.79 Å². The van der Waals surface area contributed by atoms with Crippen LogP contribution in [-0.4, -0.2) is 31.8 Å². The molecule has 0 aliphatic heterocycles. The number of hydrogen-bond acceptors (Lipinski definition) is 5. The maximum absolute atomic E-state index is 12.8. The zero-order valence-electron chi connectivity index (χ0n) is 15.9. The van der Waals surface area contributed by atoms with Crippen molar-refractivity contribution in [3.8, 4) is 0 Å². The zero-order valence-corrected chi connectivity index (χ0v) is 18.3. The molecule has 1 amide bonds. The Hall–Kier alpha value is -3.04. The lowest BCUT2D eigenvalue weighted by Gasteiger charge is -2.07. The van der Waals surface area contributed by atoms with E-state index in [0.29, 0.717) is 30.7 Å². The highest BCUT2D eigenvalue weighted by molar-refractivity contribution is 9.10. The van der Waals surface area contributed by atoms with Gasteiger partial charge in [-0.2, -0.15) is 5.10 Å². The van der Waals surface area contributed by atoms with Gasteiger partial charge in [0.25, 0.3) is 5.56 Å². The largest absolute Gasteiger partial charge is 0.351 e. The fourth-order valence-corrected chi connectivity index (χ4v) is 3.83. The van der Waals surface area contributed by atoms with E-state index in [9.17, 15) is 9.59 Å². The Bertz CT molecular complexity index is 1240. The van der Waals surface area contributed by atoms with E-state index in [-0.39, 0.29) is 11.5 Å². The van der Waals surface area contributed by atoms with Crippen molar-refractivity contribution in [1.29, 1.82) is 0 Å². The molecule has 30 heavy (non-hydrogen) atoms. The Kier molecular flexibility index (Phi) is 6.20. The maximum atomic E-state index is 12.8. The van der Waals surface area contributed by atoms with Crippen LogP contribution in [0.4, 0.5) is 0 Å². The molecule has 0 aliphatic carbocycles. The van der Waals surface area contributed by atoms with Crippen LogP contribution < -0.4 is 10.9 Å². The second-order valence-electron chi connectivity index (χ2n) is 6.55. The summed E-state index contributed by atoms with van der Waals surface area (Å²) in [6.45, 7) is 1.24. The number of carbonyl (C=O) groups is 1. The Labute approximate surface area is 184 Å². The molecule has 0 spiro atoms. The van der Waals surface area contributed by atoms with E-state index in [1.165, 1.54) is 18.6 Å². The molecular weight excluding hydrogens is 466 g/mol. The van der Waals surface area contributed by atoms with Crippen molar-refractivity contribution in [2.45, 2.75) is 13.1 Å². The predicted octanol–water partition coefficient (Wildman–Crippen LogP) is 3.29. The van der Waals surface area contributed by atoms with Crippen LogP contribution in [0.25, 0.3) is 17.1 Å². The number of aromatic nitrogens is 4. The lowest BCUT2D eigenvalue weighted by atomic mass is 10.2. The van der Waals surface area contributed by atoms with E-state index in [1.54, 1.807) is 26.7 Å². The van der Waals surface area contributed by atoms with Crippen LogP contribution in [0.3, 0.4) is 0 Å². The first-order chi connectivity index (χ1) is 14.6. The minimum Gasteiger partial charge on any atom is -0.351 e. The van der Waals surface area contributed by atoms with E-state index in [0.717, 1.165) is 14.9 Å². The molecule has 1 N–H and O–H groups in total. The van der Waals surface area contributed by atoms with Crippen molar-refractivity contribution in [1.82, 2.24) is 24.6 Å². The average Bonchev–Trinajstić information content (AvgIpc) is 3.40. The molecule has 0 bridgehead atoms. The summed E-state index contributed by atoms with van der Waals surface area (Å²) in [7, 11) is 0. The van der Waals surface area contributed by atoms with Gasteiger partial charge in [-0.05, 0) is 35.2 Å². The molecule has 4 aromatic rings. The average molecular weight is 484 g/mol. The van der Waals surface area contributed by atoms with Crippen molar-refractivity contribution in [2.24, 2.45) is 0 Å². The zero-order chi connectivity index (χ0) is 20.9. The fourth-order valence-electron chi connectivity index (χ4n) is 2.95. The molecule has 152 valence electrons. The number of nitrogens with zero attached hydrogens (tertiary/aromatic N) is 4. The molecule has 0 atom stereocenters. The predicted molar refractivity (Wildman–Crippen MR) is 121 cm³/mol. The summed E-state index contributed by atoms with van der Waals surface area (Å²) in [4.78, 5) is 30.1. The second-order valence-corrected chi connectivity index (χ2v) is 8.44. The number of fused-ring (bicyclic) bond motifs is 1. The quantitative estimate of drug-likeness (QED) is 0.409. The van der Waals surface area contributed by atoms with Gasteiger partial charge in [0.05, 0.1) is 19.3 Å². The number of carbonyl (C=O) groups excluding carboxylic acids is 1. The van der Waals surface area contributed by atoms with Gasteiger partial charge in [0.15, 0.2) is 5.65 Å². The van der Waals surface area contributed by atoms with Crippen LogP contribution in [-0.2, 0) is 17.9 Å². The Morgan fingerprint density at radius 1 is 1.23 bits per heavy atom. The summed E-state index contributed by atoms with van der Waals surface area (Å²) >= 11 is 4.98. The van der Waals surface area contributed by atoms with Gasteiger partial charge >= 0.3 is 0 Å². The first-order valence-corrected chi connectivity index (χ1v) is 10.9. The van der Waals surface area contributed by atoms with Gasteiger partial charge < -0.3 is 5.32 Å². The van der Waals surface area contributed by atoms with E-state index in [4.69, 9.17) is 0 Å². The molecule has 3 heterocycles. The number of rotatable bonds is 7. The summed E-state index contributed by atoms with van der Waals surface area (Å²) in [5.41, 5.74) is 1.37. The van der Waals surface area contributed by atoms with Crippen molar-refractivity contribution >= 4 is 50.3 Å². The summed E-state index contributed by atoms with van der Waals surface area (Å²) < 4.78 is 4.18. The molecule has 0 aliphatic rings. The first kappa shape index (κ1) is 20.2. The minimum absolute atomic E-state index is 0.142. The highest BCUT2D eigenvalue weighted by Gasteiger charge is 2.10. The molecule has 3 aromatic heterocycles. The fraction of sp³-hybridized carbons (Fsp3) is 0.143. The lowest BCUT2D eigenvalue weighted by Crippen LogP contribution is -2.26. The van der Waals surface area contributed by atoms with E-state index >= 15 is 0 Å². The van der Waals surface area contributed by atoms with Gasteiger partial charge in [0, 0.05) is 22.0 Å². The Morgan fingerprint density at radius 3 is 2.83 bits per heavy atom. The molecule has 7 nitrogen and oxygen atoms in total. The van der Waals surface area contributed by atoms with Gasteiger partial charge in [-0.25, -0.2) is 9.67 Å². The maximum Gasteiger partial charge on any atom is 0.264 e. The number of amides is 1. The number of hydrogen-bond donors (Lipinski definition) is 1. The van der Waals surface area contributed by atoms with Crippen molar-refractivity contribution in [3.05, 3.63) is 85.6 Å². The molecule has 9 heteroatoms. The first-order valence-electron chi connectivity index (χ1n) is 9.25. The molecular formula is C21H18BrN5O2S. The lowest BCUT2D eigenvalue weighted by molar-refractivity contribution is -0.116. The molecule has 0 radical (unpaired) electrons. The highest BCUT2D eigenvalue weighted by atomic mass is 79.9. The third kappa shape index (κ3) is 4.74. The monoisotopic (exact) mass is 483 g/mol. The molecule has 1 aromatic carbocycles. The Balaban J connectivity index is 1.40. The summed E-state index contributed by atoms with van der Waals surface area (Å²) in [6.07, 6.45) is 6.35. The standard InChI is InChI=1S/C21H18BrN5O2S/c22-16-5-3-15(4-6-16)13-26-14-24-20-18(21(26)29)12-25-27(20)10-9-23-19(28)8-7-17-2-1-11-30-17/h1-8,11-12,14H,9-10,13H2,(H,23,28)/b8-7+. The number of nitrogens with one attached hydrogen (secondary N) is 1. The van der Waals surface area contributed by atoms with Crippen LogP contribution in [0.1, 0.15) is 10.4 Å². The van der Waals surface area contributed by atoms with E-state index in [2.05, 4.69) is 31.3 Å². The molecule has 0 saturated carbocycles. The van der Waals surface area contributed by atoms with E-state index < -0.39 is 0 Å².